The van der Waals surface area contributed by atoms with E-state index in [1.165, 1.54) is 0 Å². The molecule has 0 radical (unpaired) electrons. The highest BCUT2D eigenvalue weighted by atomic mass is 16.1. The van der Waals surface area contributed by atoms with Gasteiger partial charge >= 0.3 is 0 Å². The van der Waals surface area contributed by atoms with Crippen molar-refractivity contribution in [1.82, 2.24) is 15.3 Å². The Balaban J connectivity index is 1.75. The van der Waals surface area contributed by atoms with E-state index in [0.29, 0.717) is 13.0 Å². The highest BCUT2D eigenvalue weighted by molar-refractivity contribution is 5.83. The van der Waals surface area contributed by atoms with Crippen LogP contribution in [0.15, 0.2) is 79.3 Å². The zero-order valence-corrected chi connectivity index (χ0v) is 13.3. The first-order valence-electron chi connectivity index (χ1n) is 7.94. The Bertz CT molecular complexity index is 761. The lowest BCUT2D eigenvalue weighted by Crippen LogP contribution is -2.30. The van der Waals surface area contributed by atoms with E-state index in [9.17, 15) is 4.79 Å². The molecule has 2 aromatic heterocycles. The quantitative estimate of drug-likeness (QED) is 0.760. The van der Waals surface area contributed by atoms with Gasteiger partial charge in [-0.1, -0.05) is 42.5 Å². The normalized spacial score (nSPS) is 11.7. The van der Waals surface area contributed by atoms with Crippen LogP contribution in [0.3, 0.4) is 0 Å². The summed E-state index contributed by atoms with van der Waals surface area (Å²) in [5, 5.41) is 3.00. The van der Waals surface area contributed by atoms with Crippen molar-refractivity contribution in [3.63, 3.8) is 0 Å². The second kappa shape index (κ2) is 8.02. The molecular weight excluding hydrogens is 298 g/mol. The number of nitrogens with zero attached hydrogens (tertiary/aromatic N) is 2. The molecule has 3 aromatic rings. The number of pyridine rings is 2. The van der Waals surface area contributed by atoms with Gasteiger partial charge in [-0.25, -0.2) is 0 Å². The molecule has 0 fully saturated rings. The lowest BCUT2D eigenvalue weighted by atomic mass is 9.92. The molecule has 1 amide bonds. The molecule has 0 aliphatic rings. The first-order valence-corrected chi connectivity index (χ1v) is 7.94. The topological polar surface area (TPSA) is 54.9 Å². The third-order valence-electron chi connectivity index (χ3n) is 3.85. The van der Waals surface area contributed by atoms with Crippen LogP contribution in [0.1, 0.15) is 22.7 Å². The fourth-order valence-electron chi connectivity index (χ4n) is 2.61. The lowest BCUT2D eigenvalue weighted by Gasteiger charge is -2.17. The van der Waals surface area contributed by atoms with Gasteiger partial charge in [0.1, 0.15) is 0 Å². The van der Waals surface area contributed by atoms with Crippen LogP contribution in [0, 0.1) is 0 Å². The predicted octanol–water partition coefficient (Wildman–Crippen LogP) is 3.12. The van der Waals surface area contributed by atoms with Crippen molar-refractivity contribution < 1.29 is 4.79 Å². The Labute approximate surface area is 141 Å². The lowest BCUT2D eigenvalue weighted by molar-refractivity contribution is -0.122. The molecule has 0 aliphatic carbocycles. The Morgan fingerprint density at radius 2 is 1.79 bits per heavy atom. The first kappa shape index (κ1) is 15.9. The summed E-state index contributed by atoms with van der Waals surface area (Å²) < 4.78 is 0. The molecule has 120 valence electrons. The number of hydrogen-bond acceptors (Lipinski definition) is 3. The van der Waals surface area contributed by atoms with Gasteiger partial charge in [-0.3, -0.25) is 14.8 Å². The Kier molecular flexibility index (Phi) is 5.30. The number of amides is 1. The maximum absolute atomic E-state index is 12.8. The molecule has 0 saturated heterocycles. The molecular formula is C20H19N3O. The van der Waals surface area contributed by atoms with Gasteiger partial charge < -0.3 is 5.32 Å². The minimum absolute atomic E-state index is 0.00398. The molecule has 1 atom stereocenters. The highest BCUT2D eigenvalue weighted by Crippen LogP contribution is 2.21. The molecule has 0 bridgehead atoms. The van der Waals surface area contributed by atoms with Gasteiger partial charge in [-0.15, -0.1) is 0 Å². The molecule has 1 unspecified atom stereocenters. The van der Waals surface area contributed by atoms with Gasteiger partial charge in [-0.05, 0) is 35.7 Å². The van der Waals surface area contributed by atoms with Crippen LogP contribution in [0.4, 0.5) is 0 Å². The number of benzene rings is 1. The molecule has 1 N–H and O–H groups in total. The number of hydrogen-bond donors (Lipinski definition) is 1. The summed E-state index contributed by atoms with van der Waals surface area (Å²) in [4.78, 5) is 21.1. The molecule has 4 heteroatoms. The van der Waals surface area contributed by atoms with Crippen molar-refractivity contribution in [2.45, 2.75) is 18.9 Å². The number of rotatable bonds is 6. The maximum atomic E-state index is 12.8. The number of nitrogens with one attached hydrogen (secondary N) is 1. The summed E-state index contributed by atoms with van der Waals surface area (Å²) in [6, 6.07) is 19.4. The van der Waals surface area contributed by atoms with Crippen molar-refractivity contribution in [3.05, 3.63) is 96.1 Å². The summed E-state index contributed by atoms with van der Waals surface area (Å²) >= 11 is 0. The monoisotopic (exact) mass is 317 g/mol. The number of aromatic nitrogens is 2. The second-order valence-corrected chi connectivity index (χ2v) is 5.57. The molecule has 24 heavy (non-hydrogen) atoms. The van der Waals surface area contributed by atoms with E-state index in [2.05, 4.69) is 15.3 Å². The molecule has 1 aromatic carbocycles. The number of carbonyl (C=O) groups excluding carboxylic acids is 1. The third-order valence-corrected chi connectivity index (χ3v) is 3.85. The van der Waals surface area contributed by atoms with Crippen molar-refractivity contribution in [2.75, 3.05) is 0 Å². The van der Waals surface area contributed by atoms with E-state index in [4.69, 9.17) is 0 Å². The Hall–Kier alpha value is -3.01. The van der Waals surface area contributed by atoms with E-state index < -0.39 is 0 Å². The fraction of sp³-hybridized carbons (Fsp3) is 0.150. The first-order chi connectivity index (χ1) is 11.8. The summed E-state index contributed by atoms with van der Waals surface area (Å²) in [6.45, 7) is 0.427. The standard InChI is InChI=1S/C20H19N3O/c24-20(23-15-18-10-4-5-12-22-18)19(17-8-2-1-3-9-17)13-16-7-6-11-21-14-16/h1-12,14,19H,13,15H2,(H,23,24). The van der Waals surface area contributed by atoms with Gasteiger partial charge in [-0.2, -0.15) is 0 Å². The summed E-state index contributed by atoms with van der Waals surface area (Å²) in [7, 11) is 0. The van der Waals surface area contributed by atoms with Crippen LogP contribution in [-0.4, -0.2) is 15.9 Å². The van der Waals surface area contributed by atoms with Crippen LogP contribution >= 0.6 is 0 Å². The van der Waals surface area contributed by atoms with Crippen LogP contribution in [-0.2, 0) is 17.8 Å². The van der Waals surface area contributed by atoms with Gasteiger partial charge in [0.2, 0.25) is 5.91 Å². The second-order valence-electron chi connectivity index (χ2n) is 5.57. The van der Waals surface area contributed by atoms with Gasteiger partial charge in [0.05, 0.1) is 18.2 Å². The summed E-state index contributed by atoms with van der Waals surface area (Å²) in [5.41, 5.74) is 2.89. The Morgan fingerprint density at radius 3 is 2.50 bits per heavy atom. The average molecular weight is 317 g/mol. The fourth-order valence-corrected chi connectivity index (χ4v) is 2.61. The minimum atomic E-state index is -0.251. The van der Waals surface area contributed by atoms with Crippen molar-refractivity contribution in [2.24, 2.45) is 0 Å². The average Bonchev–Trinajstić information content (AvgIpc) is 2.66. The molecule has 3 rings (SSSR count). The van der Waals surface area contributed by atoms with E-state index in [-0.39, 0.29) is 11.8 Å². The molecule has 4 nitrogen and oxygen atoms in total. The van der Waals surface area contributed by atoms with Gasteiger partial charge in [0, 0.05) is 18.6 Å². The van der Waals surface area contributed by atoms with Crippen LogP contribution in [0.2, 0.25) is 0 Å². The third kappa shape index (κ3) is 4.26. The van der Waals surface area contributed by atoms with Crippen LogP contribution in [0.5, 0.6) is 0 Å². The van der Waals surface area contributed by atoms with Crippen molar-refractivity contribution in [1.29, 1.82) is 0 Å². The summed E-state index contributed by atoms with van der Waals surface area (Å²) in [6.07, 6.45) is 5.89. The van der Waals surface area contributed by atoms with Crippen LogP contribution < -0.4 is 5.32 Å². The smallest absolute Gasteiger partial charge is 0.228 e. The van der Waals surface area contributed by atoms with E-state index in [1.54, 1.807) is 12.4 Å². The Morgan fingerprint density at radius 1 is 0.958 bits per heavy atom. The van der Waals surface area contributed by atoms with E-state index in [0.717, 1.165) is 16.8 Å². The minimum Gasteiger partial charge on any atom is -0.350 e. The predicted molar refractivity (Wildman–Crippen MR) is 93.2 cm³/mol. The van der Waals surface area contributed by atoms with E-state index >= 15 is 0 Å². The molecule has 0 saturated carbocycles. The molecule has 2 heterocycles. The zero-order valence-electron chi connectivity index (χ0n) is 13.3. The van der Waals surface area contributed by atoms with Gasteiger partial charge in [0.15, 0.2) is 0 Å². The van der Waals surface area contributed by atoms with Crippen LogP contribution in [0.25, 0.3) is 0 Å². The highest BCUT2D eigenvalue weighted by Gasteiger charge is 2.21. The van der Waals surface area contributed by atoms with Gasteiger partial charge in [0.25, 0.3) is 0 Å². The van der Waals surface area contributed by atoms with Crippen molar-refractivity contribution in [3.8, 4) is 0 Å². The SMILES string of the molecule is O=C(NCc1ccccn1)C(Cc1cccnc1)c1ccccc1. The van der Waals surface area contributed by atoms with Crippen molar-refractivity contribution >= 4 is 5.91 Å². The largest absolute Gasteiger partial charge is 0.350 e. The van der Waals surface area contributed by atoms with E-state index in [1.807, 2.05) is 66.9 Å². The summed E-state index contributed by atoms with van der Waals surface area (Å²) in [5.74, 6) is -0.255. The molecule has 0 spiro atoms. The zero-order chi connectivity index (χ0) is 16.6. The maximum Gasteiger partial charge on any atom is 0.228 e. The number of carbonyl (C=O) groups is 1. The molecule has 0 aliphatic heterocycles.